The first-order chi connectivity index (χ1) is 11.6. The van der Waals surface area contributed by atoms with E-state index in [1.54, 1.807) is 12.1 Å². The van der Waals surface area contributed by atoms with E-state index in [9.17, 15) is 9.59 Å². The summed E-state index contributed by atoms with van der Waals surface area (Å²) in [5, 5.41) is 6.38. The number of hydrogen-bond acceptors (Lipinski definition) is 4. The highest BCUT2D eigenvalue weighted by Crippen LogP contribution is 2.38. The van der Waals surface area contributed by atoms with Crippen LogP contribution < -0.4 is 10.6 Å². The van der Waals surface area contributed by atoms with Crippen LogP contribution in [0, 0.1) is 0 Å². The van der Waals surface area contributed by atoms with E-state index in [-0.39, 0.29) is 41.9 Å². The van der Waals surface area contributed by atoms with E-state index in [1.807, 2.05) is 11.0 Å². The number of hydrogen-bond donors (Lipinski definition) is 2. The van der Waals surface area contributed by atoms with Gasteiger partial charge in [-0.3, -0.25) is 9.59 Å². The third kappa shape index (κ3) is 4.82. The van der Waals surface area contributed by atoms with E-state index in [0.717, 1.165) is 43.1 Å². The molecule has 2 heterocycles. The summed E-state index contributed by atoms with van der Waals surface area (Å²) in [5.74, 6) is -0.0558. The lowest BCUT2D eigenvalue weighted by molar-refractivity contribution is -0.134. The minimum Gasteiger partial charge on any atom is -0.338 e. The molecule has 0 spiro atoms. The van der Waals surface area contributed by atoms with E-state index in [1.165, 1.54) is 11.8 Å². The number of fused-ring (bicyclic) bond motifs is 1. The molecule has 1 aromatic carbocycles. The van der Waals surface area contributed by atoms with Gasteiger partial charge in [0.25, 0.3) is 0 Å². The summed E-state index contributed by atoms with van der Waals surface area (Å²) in [7, 11) is 0. The molecule has 8 heteroatoms. The third-order valence-electron chi connectivity index (χ3n) is 4.38. The van der Waals surface area contributed by atoms with Crippen molar-refractivity contribution in [1.29, 1.82) is 0 Å². The molecule has 2 aliphatic rings. The molecule has 1 saturated heterocycles. The van der Waals surface area contributed by atoms with Crippen molar-refractivity contribution in [2.45, 2.75) is 42.4 Å². The van der Waals surface area contributed by atoms with E-state index in [2.05, 4.69) is 17.6 Å². The SMILES string of the molecule is CCCN(C(=O)CC1Sc2ccc(Cl)cc2NC1=O)C1CCNC1.Cl. The summed E-state index contributed by atoms with van der Waals surface area (Å²) in [6.07, 6.45) is 2.14. The molecule has 1 aromatic rings. The van der Waals surface area contributed by atoms with Gasteiger partial charge < -0.3 is 15.5 Å². The minimum atomic E-state index is -0.389. The fourth-order valence-corrected chi connectivity index (χ4v) is 4.44. The number of nitrogens with zero attached hydrogens (tertiary/aromatic N) is 1. The maximum Gasteiger partial charge on any atom is 0.238 e. The smallest absolute Gasteiger partial charge is 0.238 e. The van der Waals surface area contributed by atoms with Crippen molar-refractivity contribution in [3.05, 3.63) is 23.2 Å². The first-order valence-electron chi connectivity index (χ1n) is 8.35. The molecule has 2 amide bonds. The van der Waals surface area contributed by atoms with Gasteiger partial charge in [-0.1, -0.05) is 18.5 Å². The Bertz CT molecular complexity index is 638. The van der Waals surface area contributed by atoms with Gasteiger partial charge in [-0.2, -0.15) is 0 Å². The van der Waals surface area contributed by atoms with Crippen molar-refractivity contribution in [3.63, 3.8) is 0 Å². The van der Waals surface area contributed by atoms with Crippen LogP contribution in [0.5, 0.6) is 0 Å². The van der Waals surface area contributed by atoms with Gasteiger partial charge in [0.2, 0.25) is 11.8 Å². The van der Waals surface area contributed by atoms with Gasteiger partial charge in [0.05, 0.1) is 10.9 Å². The van der Waals surface area contributed by atoms with Gasteiger partial charge in [0.1, 0.15) is 0 Å². The number of amides is 2. The number of benzene rings is 1. The summed E-state index contributed by atoms with van der Waals surface area (Å²) >= 11 is 7.41. The lowest BCUT2D eigenvalue weighted by Crippen LogP contribution is -2.44. The van der Waals surface area contributed by atoms with Crippen molar-refractivity contribution in [2.75, 3.05) is 25.0 Å². The molecule has 5 nitrogen and oxygen atoms in total. The molecule has 138 valence electrons. The Balaban J connectivity index is 0.00000225. The van der Waals surface area contributed by atoms with Gasteiger partial charge in [-0.05, 0) is 37.6 Å². The lowest BCUT2D eigenvalue weighted by Gasteiger charge is -2.31. The van der Waals surface area contributed by atoms with Crippen molar-refractivity contribution < 1.29 is 9.59 Å². The van der Waals surface area contributed by atoms with Gasteiger partial charge >= 0.3 is 0 Å². The molecule has 2 N–H and O–H groups in total. The highest BCUT2D eigenvalue weighted by molar-refractivity contribution is 8.01. The Hall–Kier alpha value is -0.950. The second kappa shape index (κ2) is 9.12. The summed E-state index contributed by atoms with van der Waals surface area (Å²) in [5.41, 5.74) is 0.728. The highest BCUT2D eigenvalue weighted by atomic mass is 35.5. The zero-order chi connectivity index (χ0) is 17.1. The standard InChI is InChI=1S/C17H22ClN3O2S.ClH/c1-2-7-21(12-5-6-19-10-12)16(22)9-15-17(23)20-13-8-11(18)3-4-14(13)24-15;/h3-4,8,12,15,19H,2,5-7,9-10H2,1H3,(H,20,23);1H. The molecule has 0 aromatic heterocycles. The predicted octanol–water partition coefficient (Wildman–Crippen LogP) is 3.17. The normalized spacial score (nSPS) is 21.9. The fraction of sp³-hybridized carbons (Fsp3) is 0.529. The van der Waals surface area contributed by atoms with Crippen LogP contribution in [0.1, 0.15) is 26.2 Å². The van der Waals surface area contributed by atoms with Crippen LogP contribution in [0.15, 0.2) is 23.1 Å². The lowest BCUT2D eigenvalue weighted by atomic mass is 10.1. The zero-order valence-corrected chi connectivity index (χ0v) is 16.5. The second-order valence-corrected chi connectivity index (χ2v) is 7.86. The zero-order valence-electron chi connectivity index (χ0n) is 14.1. The van der Waals surface area contributed by atoms with Crippen molar-refractivity contribution >= 4 is 53.3 Å². The summed E-state index contributed by atoms with van der Waals surface area (Å²) in [6, 6.07) is 5.69. The van der Waals surface area contributed by atoms with Crippen LogP contribution in [0.2, 0.25) is 5.02 Å². The molecule has 2 aliphatic heterocycles. The number of anilines is 1. The summed E-state index contributed by atoms with van der Waals surface area (Å²) in [4.78, 5) is 28.0. The summed E-state index contributed by atoms with van der Waals surface area (Å²) in [6.45, 7) is 4.61. The first-order valence-corrected chi connectivity index (χ1v) is 9.61. The number of halogens is 2. The number of thioether (sulfide) groups is 1. The second-order valence-electron chi connectivity index (χ2n) is 6.17. The van der Waals surface area contributed by atoms with Gasteiger partial charge in [0.15, 0.2) is 0 Å². The highest BCUT2D eigenvalue weighted by Gasteiger charge is 2.33. The predicted molar refractivity (Wildman–Crippen MR) is 105 cm³/mol. The molecule has 0 radical (unpaired) electrons. The average molecular weight is 404 g/mol. The molecule has 2 atom stereocenters. The topological polar surface area (TPSA) is 61.4 Å². The Morgan fingerprint density at radius 2 is 2.24 bits per heavy atom. The first kappa shape index (κ1) is 20.4. The Morgan fingerprint density at radius 1 is 1.44 bits per heavy atom. The number of rotatable bonds is 5. The minimum absolute atomic E-state index is 0. The number of carbonyl (C=O) groups excluding carboxylic acids is 2. The van der Waals surface area contributed by atoms with Gasteiger partial charge in [-0.25, -0.2) is 0 Å². The molecular weight excluding hydrogens is 381 g/mol. The monoisotopic (exact) mass is 403 g/mol. The molecule has 3 rings (SSSR count). The maximum absolute atomic E-state index is 12.8. The molecule has 0 saturated carbocycles. The number of carbonyl (C=O) groups is 2. The molecular formula is C17H23Cl2N3O2S. The van der Waals surface area contributed by atoms with E-state index >= 15 is 0 Å². The van der Waals surface area contributed by atoms with Crippen molar-refractivity contribution in [3.8, 4) is 0 Å². The number of nitrogens with one attached hydrogen (secondary N) is 2. The molecule has 1 fully saturated rings. The molecule has 0 aliphatic carbocycles. The van der Waals surface area contributed by atoms with Crippen molar-refractivity contribution in [1.82, 2.24) is 10.2 Å². The molecule has 0 bridgehead atoms. The van der Waals surface area contributed by atoms with E-state index in [0.29, 0.717) is 5.02 Å². The van der Waals surface area contributed by atoms with Crippen LogP contribution in [-0.4, -0.2) is 47.6 Å². The molecule has 25 heavy (non-hydrogen) atoms. The summed E-state index contributed by atoms with van der Waals surface area (Å²) < 4.78 is 0. The van der Waals surface area contributed by atoms with Crippen LogP contribution in [-0.2, 0) is 9.59 Å². The maximum atomic E-state index is 12.8. The average Bonchev–Trinajstić information content (AvgIpc) is 3.07. The quantitative estimate of drug-likeness (QED) is 0.792. The van der Waals surface area contributed by atoms with Crippen LogP contribution in [0.25, 0.3) is 0 Å². The third-order valence-corrected chi connectivity index (χ3v) is 5.89. The van der Waals surface area contributed by atoms with Crippen LogP contribution in [0.4, 0.5) is 5.69 Å². The fourth-order valence-electron chi connectivity index (χ4n) is 3.19. The Labute approximate surface area is 163 Å². The van der Waals surface area contributed by atoms with Gasteiger partial charge in [0, 0.05) is 35.5 Å². The van der Waals surface area contributed by atoms with Crippen LogP contribution in [0.3, 0.4) is 0 Å². The molecule has 2 unspecified atom stereocenters. The van der Waals surface area contributed by atoms with Crippen LogP contribution >= 0.6 is 35.8 Å². The largest absolute Gasteiger partial charge is 0.338 e. The Kier molecular flexibility index (Phi) is 7.43. The van der Waals surface area contributed by atoms with Crippen molar-refractivity contribution in [2.24, 2.45) is 0 Å². The van der Waals surface area contributed by atoms with E-state index < -0.39 is 0 Å². The van der Waals surface area contributed by atoms with Gasteiger partial charge in [-0.15, -0.1) is 24.2 Å². The Morgan fingerprint density at radius 3 is 2.92 bits per heavy atom. The van der Waals surface area contributed by atoms with E-state index in [4.69, 9.17) is 11.6 Å².